The lowest BCUT2D eigenvalue weighted by atomic mass is 10.1. The normalized spacial score (nSPS) is 12.6. The molecule has 3 rings (SSSR count). The van der Waals surface area contributed by atoms with Gasteiger partial charge in [-0.2, -0.15) is 0 Å². The fourth-order valence-electron chi connectivity index (χ4n) is 3.00. The van der Waals surface area contributed by atoms with E-state index in [0.29, 0.717) is 36.6 Å². The number of ether oxygens (including phenoxy) is 2. The van der Waals surface area contributed by atoms with Gasteiger partial charge in [-0.25, -0.2) is 12.8 Å². The van der Waals surface area contributed by atoms with Crippen LogP contribution in [0.3, 0.4) is 0 Å². The highest BCUT2D eigenvalue weighted by molar-refractivity contribution is 7.92. The van der Waals surface area contributed by atoms with E-state index in [4.69, 9.17) is 9.47 Å². The van der Waals surface area contributed by atoms with Crippen LogP contribution in [0.15, 0.2) is 42.5 Å². The third-order valence-electron chi connectivity index (χ3n) is 4.46. The number of halogens is 1. The Morgan fingerprint density at radius 1 is 1.14 bits per heavy atom. The van der Waals surface area contributed by atoms with Crippen molar-refractivity contribution in [1.82, 2.24) is 5.32 Å². The SMILES string of the molecule is CS(=O)(=O)N(CCCC(=O)NCCc1ccc(F)cc1)c1ccc2c(c1)OCO2. The lowest BCUT2D eigenvalue weighted by molar-refractivity contribution is -0.121. The summed E-state index contributed by atoms with van der Waals surface area (Å²) in [4.78, 5) is 12.0. The van der Waals surface area contributed by atoms with Crippen molar-refractivity contribution in [2.75, 3.05) is 30.4 Å². The van der Waals surface area contributed by atoms with Crippen LogP contribution in [0.4, 0.5) is 10.1 Å². The van der Waals surface area contributed by atoms with Gasteiger partial charge >= 0.3 is 0 Å². The highest BCUT2D eigenvalue weighted by atomic mass is 32.2. The Labute approximate surface area is 169 Å². The molecule has 0 bridgehead atoms. The summed E-state index contributed by atoms with van der Waals surface area (Å²) < 4.78 is 49.1. The van der Waals surface area contributed by atoms with E-state index >= 15 is 0 Å². The van der Waals surface area contributed by atoms with Gasteiger partial charge in [0.1, 0.15) is 5.82 Å². The number of hydrogen-bond donors (Lipinski definition) is 1. The van der Waals surface area contributed by atoms with Gasteiger partial charge in [0.05, 0.1) is 11.9 Å². The standard InChI is InChI=1S/C20H23FN2O5S/c1-29(25,26)23(17-8-9-18-19(13-17)28-14-27-18)12-2-3-20(24)22-11-10-15-4-6-16(21)7-5-15/h4-9,13H,2-3,10-12,14H2,1H3,(H,22,24). The van der Waals surface area contributed by atoms with Crippen LogP contribution in [0.25, 0.3) is 0 Å². The van der Waals surface area contributed by atoms with E-state index in [-0.39, 0.29) is 31.5 Å². The second kappa shape index (κ2) is 9.13. The molecule has 1 aliphatic rings. The number of anilines is 1. The van der Waals surface area contributed by atoms with Crippen molar-refractivity contribution < 1.29 is 27.1 Å². The van der Waals surface area contributed by atoms with Crippen LogP contribution in [0.2, 0.25) is 0 Å². The van der Waals surface area contributed by atoms with Gasteiger partial charge in [-0.1, -0.05) is 12.1 Å². The molecule has 0 fully saturated rings. The third kappa shape index (κ3) is 5.83. The summed E-state index contributed by atoms with van der Waals surface area (Å²) in [6.45, 7) is 0.710. The van der Waals surface area contributed by atoms with Crippen LogP contribution < -0.4 is 19.1 Å². The molecule has 2 aromatic rings. The molecule has 0 spiro atoms. The average molecular weight is 422 g/mol. The van der Waals surface area contributed by atoms with E-state index in [1.54, 1.807) is 30.3 Å². The lowest BCUT2D eigenvalue weighted by Crippen LogP contribution is -2.32. The summed E-state index contributed by atoms with van der Waals surface area (Å²) in [5.74, 6) is 0.611. The van der Waals surface area contributed by atoms with Crippen molar-refractivity contribution in [3.8, 4) is 11.5 Å². The second-order valence-electron chi connectivity index (χ2n) is 6.70. The molecule has 1 N–H and O–H groups in total. The largest absolute Gasteiger partial charge is 0.454 e. The predicted octanol–water partition coefficient (Wildman–Crippen LogP) is 2.46. The number of hydrogen-bond acceptors (Lipinski definition) is 5. The molecule has 0 atom stereocenters. The summed E-state index contributed by atoms with van der Waals surface area (Å²) in [5.41, 5.74) is 1.39. The molecule has 0 radical (unpaired) electrons. The molecule has 2 aromatic carbocycles. The van der Waals surface area contributed by atoms with Crippen LogP contribution in [0.1, 0.15) is 18.4 Å². The zero-order valence-corrected chi connectivity index (χ0v) is 16.9. The third-order valence-corrected chi connectivity index (χ3v) is 5.65. The number of benzene rings is 2. The van der Waals surface area contributed by atoms with Crippen molar-refractivity contribution >= 4 is 21.6 Å². The monoisotopic (exact) mass is 422 g/mol. The van der Waals surface area contributed by atoms with Crippen molar-refractivity contribution in [3.05, 3.63) is 53.8 Å². The number of fused-ring (bicyclic) bond motifs is 1. The molecule has 0 unspecified atom stereocenters. The number of rotatable bonds is 9. The van der Waals surface area contributed by atoms with Crippen molar-refractivity contribution in [2.45, 2.75) is 19.3 Å². The number of amides is 1. The van der Waals surface area contributed by atoms with Crippen molar-refractivity contribution in [3.63, 3.8) is 0 Å². The minimum absolute atomic E-state index is 0.107. The summed E-state index contributed by atoms with van der Waals surface area (Å²) >= 11 is 0. The first kappa shape index (κ1) is 20.9. The zero-order valence-electron chi connectivity index (χ0n) is 16.1. The first-order valence-corrected chi connectivity index (χ1v) is 11.1. The van der Waals surface area contributed by atoms with Crippen LogP contribution >= 0.6 is 0 Å². The van der Waals surface area contributed by atoms with Gasteiger partial charge in [-0.3, -0.25) is 9.10 Å². The number of sulfonamides is 1. The van der Waals surface area contributed by atoms with Gasteiger partial charge < -0.3 is 14.8 Å². The highest BCUT2D eigenvalue weighted by Gasteiger charge is 2.21. The van der Waals surface area contributed by atoms with Crippen LogP contribution in [0.5, 0.6) is 11.5 Å². The molecule has 0 saturated heterocycles. The van der Waals surface area contributed by atoms with Gasteiger partial charge in [0.25, 0.3) is 0 Å². The smallest absolute Gasteiger partial charge is 0.232 e. The van der Waals surface area contributed by atoms with E-state index in [1.165, 1.54) is 16.4 Å². The Bertz CT molecular complexity index is 963. The number of nitrogens with one attached hydrogen (secondary N) is 1. The average Bonchev–Trinajstić information content (AvgIpc) is 3.13. The summed E-state index contributed by atoms with van der Waals surface area (Å²) in [5, 5.41) is 2.79. The maximum absolute atomic E-state index is 12.9. The van der Waals surface area contributed by atoms with Gasteiger partial charge in [0, 0.05) is 25.6 Å². The molecule has 29 heavy (non-hydrogen) atoms. The zero-order chi connectivity index (χ0) is 20.9. The van der Waals surface area contributed by atoms with Gasteiger partial charge in [0.2, 0.25) is 22.7 Å². The molecule has 1 amide bonds. The molecule has 9 heteroatoms. The van der Waals surface area contributed by atoms with E-state index in [2.05, 4.69) is 5.32 Å². The van der Waals surface area contributed by atoms with Crippen LogP contribution in [0, 0.1) is 5.82 Å². The number of carbonyl (C=O) groups is 1. The number of nitrogens with zero attached hydrogens (tertiary/aromatic N) is 1. The molecular weight excluding hydrogens is 399 g/mol. The predicted molar refractivity (Wildman–Crippen MR) is 107 cm³/mol. The van der Waals surface area contributed by atoms with E-state index in [1.807, 2.05) is 0 Å². The Morgan fingerprint density at radius 3 is 2.59 bits per heavy atom. The van der Waals surface area contributed by atoms with E-state index in [0.717, 1.165) is 11.8 Å². The second-order valence-corrected chi connectivity index (χ2v) is 8.61. The van der Waals surface area contributed by atoms with Gasteiger partial charge in [-0.15, -0.1) is 0 Å². The van der Waals surface area contributed by atoms with Gasteiger partial charge in [-0.05, 0) is 42.7 Å². The summed E-state index contributed by atoms with van der Waals surface area (Å²) in [6, 6.07) is 11.1. The Hall–Kier alpha value is -2.81. The molecule has 0 aromatic heterocycles. The molecular formula is C20H23FN2O5S. The maximum atomic E-state index is 12.9. The minimum Gasteiger partial charge on any atom is -0.454 e. The summed E-state index contributed by atoms with van der Waals surface area (Å²) in [6.07, 6.45) is 2.28. The number of carbonyl (C=O) groups excluding carboxylic acids is 1. The summed E-state index contributed by atoms with van der Waals surface area (Å²) in [7, 11) is -3.52. The van der Waals surface area contributed by atoms with Crippen LogP contribution in [-0.2, 0) is 21.2 Å². The molecule has 0 saturated carbocycles. The Kier molecular flexibility index (Phi) is 6.58. The lowest BCUT2D eigenvalue weighted by Gasteiger charge is -2.22. The van der Waals surface area contributed by atoms with Gasteiger partial charge in [0.15, 0.2) is 11.5 Å². The first-order valence-electron chi connectivity index (χ1n) is 9.21. The highest BCUT2D eigenvalue weighted by Crippen LogP contribution is 2.36. The van der Waals surface area contributed by atoms with E-state index < -0.39 is 10.0 Å². The first-order chi connectivity index (χ1) is 13.8. The van der Waals surface area contributed by atoms with E-state index in [9.17, 15) is 17.6 Å². The molecule has 1 aliphatic heterocycles. The van der Waals surface area contributed by atoms with Crippen LogP contribution in [-0.4, -0.2) is 40.5 Å². The topological polar surface area (TPSA) is 84.9 Å². The minimum atomic E-state index is -3.52. The molecule has 0 aliphatic carbocycles. The fourth-order valence-corrected chi connectivity index (χ4v) is 3.95. The molecule has 7 nitrogen and oxygen atoms in total. The van der Waals surface area contributed by atoms with Crippen molar-refractivity contribution in [1.29, 1.82) is 0 Å². The Morgan fingerprint density at radius 2 is 1.86 bits per heavy atom. The Balaban J connectivity index is 1.48. The van der Waals surface area contributed by atoms with Crippen molar-refractivity contribution in [2.24, 2.45) is 0 Å². The molecule has 1 heterocycles. The fraction of sp³-hybridized carbons (Fsp3) is 0.350. The maximum Gasteiger partial charge on any atom is 0.232 e. The molecule has 156 valence electrons. The quantitative estimate of drug-likeness (QED) is 0.671.